The van der Waals surface area contributed by atoms with Crippen LogP contribution in [0.2, 0.25) is 0 Å². The summed E-state index contributed by atoms with van der Waals surface area (Å²) >= 11 is 0. The van der Waals surface area contributed by atoms with Gasteiger partial charge in [0.25, 0.3) is 0 Å². The number of aliphatic hydroxyl groups excluding tert-OH is 20. The van der Waals surface area contributed by atoms with E-state index in [9.17, 15) is 102 Å². The lowest BCUT2D eigenvalue weighted by atomic mass is 9.97. The molecule has 0 aromatic heterocycles. The summed E-state index contributed by atoms with van der Waals surface area (Å²) in [6, 6.07) is 0. The highest BCUT2D eigenvalue weighted by Crippen LogP contribution is 2.37. The van der Waals surface area contributed by atoms with Crippen LogP contribution in [0.3, 0.4) is 0 Å². The monoisotopic (exact) mass is 990 g/mol. The lowest BCUT2D eigenvalue weighted by Gasteiger charge is -2.45. The molecule has 6 saturated heterocycles. The molecule has 6 aliphatic heterocycles. The molecule has 20 N–H and O–H groups in total. The lowest BCUT2D eigenvalue weighted by Crippen LogP contribution is -2.64. The maximum atomic E-state index is 10.7. The zero-order valence-electron chi connectivity index (χ0n) is 35.1. The molecule has 0 unspecified atom stereocenters. The molecule has 0 aromatic carbocycles. The molecular weight excluding hydrogens is 928 g/mol. The molecule has 6 rings (SSSR count). The number of ether oxygens (including phenoxy) is 11. The van der Waals surface area contributed by atoms with Gasteiger partial charge in [-0.25, -0.2) is 0 Å². The Morgan fingerprint density at radius 3 is 0.851 bits per heavy atom. The van der Waals surface area contributed by atoms with Crippen LogP contribution in [0, 0.1) is 0 Å². The summed E-state index contributed by atoms with van der Waals surface area (Å²) in [4.78, 5) is 0. The Balaban J connectivity index is 1.03. The van der Waals surface area contributed by atoms with Crippen molar-refractivity contribution in [1.82, 2.24) is 0 Å². The Morgan fingerprint density at radius 2 is 0.567 bits per heavy atom. The van der Waals surface area contributed by atoms with E-state index in [0.717, 1.165) is 0 Å². The summed E-state index contributed by atoms with van der Waals surface area (Å²) in [5.74, 6) is -2.50. The standard InChI is InChI=1S/C36H62O31/c37-1-8-14(40)20(46)25(51)31(61-8)57-3-10-15(41)21(47)26(52)32(62-10)58-4-11-16(42)22(48)27(53)33(63-11)59-5-12-17(43)23(49)28(54)34(64-12)60-6-13-18(44)24(50)29(55)35(65-13)67-36(7-39)30(56)19(45)9(2-38)66-36/h8-35,37-56H,1-7H2/t8-,9-,10-,11-,12-,13-,14+,15+,16+,17+,18-,19-,20+,21+,22+,23+,24+,25-,26-,27-,28-,29-,30+,31+,32+,33+,34+,35-,36+/m1/s1. The van der Waals surface area contributed by atoms with Crippen LogP contribution in [0.15, 0.2) is 0 Å². The normalized spacial score (nSPS) is 53.2. The van der Waals surface area contributed by atoms with Crippen LogP contribution in [-0.2, 0) is 52.1 Å². The van der Waals surface area contributed by atoms with Crippen LogP contribution in [0.4, 0.5) is 0 Å². The van der Waals surface area contributed by atoms with E-state index in [2.05, 4.69) is 0 Å². The zero-order valence-corrected chi connectivity index (χ0v) is 35.1. The van der Waals surface area contributed by atoms with Gasteiger partial charge < -0.3 is 154 Å². The van der Waals surface area contributed by atoms with Crippen molar-refractivity contribution in [3.05, 3.63) is 0 Å². The van der Waals surface area contributed by atoms with Gasteiger partial charge in [-0.3, -0.25) is 0 Å². The minimum atomic E-state index is -2.50. The summed E-state index contributed by atoms with van der Waals surface area (Å²) < 4.78 is 60.1. The third-order valence-corrected chi connectivity index (χ3v) is 12.4. The second-order valence-corrected chi connectivity index (χ2v) is 17.0. The van der Waals surface area contributed by atoms with Gasteiger partial charge in [0.15, 0.2) is 31.5 Å². The van der Waals surface area contributed by atoms with Crippen molar-refractivity contribution in [1.29, 1.82) is 0 Å². The van der Waals surface area contributed by atoms with E-state index in [1.807, 2.05) is 0 Å². The smallest absolute Gasteiger partial charge is 0.224 e. The van der Waals surface area contributed by atoms with Crippen LogP contribution in [-0.4, -0.2) is 326 Å². The molecule has 67 heavy (non-hydrogen) atoms. The molecule has 0 spiro atoms. The van der Waals surface area contributed by atoms with E-state index in [1.165, 1.54) is 0 Å². The van der Waals surface area contributed by atoms with Crippen molar-refractivity contribution in [2.75, 3.05) is 46.2 Å². The van der Waals surface area contributed by atoms with E-state index < -0.39 is 224 Å². The van der Waals surface area contributed by atoms with Gasteiger partial charge in [0.05, 0.1) is 39.6 Å². The van der Waals surface area contributed by atoms with Crippen LogP contribution in [0.25, 0.3) is 0 Å². The molecule has 31 heteroatoms. The third-order valence-electron chi connectivity index (χ3n) is 12.4. The van der Waals surface area contributed by atoms with E-state index in [4.69, 9.17) is 52.1 Å². The van der Waals surface area contributed by atoms with E-state index in [-0.39, 0.29) is 0 Å². The molecule has 0 saturated carbocycles. The van der Waals surface area contributed by atoms with Crippen molar-refractivity contribution in [2.45, 2.75) is 178 Å². The summed E-state index contributed by atoms with van der Waals surface area (Å²) in [6.45, 7) is -5.90. The molecule has 6 fully saturated rings. The maximum absolute atomic E-state index is 10.7. The quantitative estimate of drug-likeness (QED) is 0.0643. The molecule has 6 aliphatic rings. The number of hydrogen-bond donors (Lipinski definition) is 20. The molecule has 392 valence electrons. The predicted octanol–water partition coefficient (Wildman–Crippen LogP) is -14.1. The lowest BCUT2D eigenvalue weighted by molar-refractivity contribution is -0.388. The topological polar surface area (TPSA) is 506 Å². The Bertz CT molecular complexity index is 1520. The first-order chi connectivity index (χ1) is 31.6. The van der Waals surface area contributed by atoms with E-state index in [1.54, 1.807) is 0 Å². The summed E-state index contributed by atoms with van der Waals surface area (Å²) in [5.41, 5.74) is 0. The van der Waals surface area contributed by atoms with Crippen molar-refractivity contribution >= 4 is 0 Å². The predicted molar refractivity (Wildman–Crippen MR) is 199 cm³/mol. The summed E-state index contributed by atoms with van der Waals surface area (Å²) in [6.07, 6.45) is -51.4. The first-order valence-corrected chi connectivity index (χ1v) is 21.1. The summed E-state index contributed by atoms with van der Waals surface area (Å²) in [5, 5.41) is 207. The van der Waals surface area contributed by atoms with Gasteiger partial charge in [-0.1, -0.05) is 0 Å². The fourth-order valence-corrected chi connectivity index (χ4v) is 8.16. The van der Waals surface area contributed by atoms with Crippen molar-refractivity contribution < 1.29 is 154 Å². The Kier molecular flexibility index (Phi) is 19.0. The second kappa shape index (κ2) is 23.1. The highest BCUT2D eigenvalue weighted by Gasteiger charge is 2.59. The Morgan fingerprint density at radius 1 is 0.299 bits per heavy atom. The molecule has 0 amide bonds. The van der Waals surface area contributed by atoms with Crippen molar-refractivity contribution in [2.24, 2.45) is 0 Å². The third kappa shape index (κ3) is 11.4. The van der Waals surface area contributed by atoms with Crippen LogP contribution >= 0.6 is 0 Å². The zero-order chi connectivity index (χ0) is 49.4. The second-order valence-electron chi connectivity index (χ2n) is 17.0. The molecule has 0 bridgehead atoms. The average Bonchev–Trinajstić information content (AvgIpc) is 3.56. The molecular formula is C36H62O31. The molecule has 29 atom stereocenters. The van der Waals surface area contributed by atoms with E-state index >= 15 is 0 Å². The number of aliphatic hydroxyl groups is 20. The van der Waals surface area contributed by atoms with Crippen molar-refractivity contribution in [3.63, 3.8) is 0 Å². The molecule has 31 nitrogen and oxygen atoms in total. The van der Waals surface area contributed by atoms with Gasteiger partial charge in [-0.05, 0) is 0 Å². The van der Waals surface area contributed by atoms with Crippen LogP contribution in [0.1, 0.15) is 0 Å². The van der Waals surface area contributed by atoms with E-state index in [0.29, 0.717) is 0 Å². The van der Waals surface area contributed by atoms with Gasteiger partial charge in [0, 0.05) is 0 Å². The summed E-state index contributed by atoms with van der Waals surface area (Å²) in [7, 11) is 0. The minimum Gasteiger partial charge on any atom is -0.394 e. The molecule has 0 aromatic rings. The fraction of sp³-hybridized carbons (Fsp3) is 1.00. The Hall–Kier alpha value is -1.24. The first-order valence-electron chi connectivity index (χ1n) is 21.1. The number of rotatable bonds is 17. The van der Waals surface area contributed by atoms with Gasteiger partial charge in [-0.15, -0.1) is 0 Å². The average molecular weight is 991 g/mol. The largest absolute Gasteiger partial charge is 0.394 e. The number of hydrogen-bond acceptors (Lipinski definition) is 31. The molecule has 6 heterocycles. The van der Waals surface area contributed by atoms with Crippen molar-refractivity contribution in [3.8, 4) is 0 Å². The highest BCUT2D eigenvalue weighted by molar-refractivity contribution is 4.99. The molecule has 0 radical (unpaired) electrons. The fourth-order valence-electron chi connectivity index (χ4n) is 8.16. The van der Waals surface area contributed by atoms with Gasteiger partial charge >= 0.3 is 0 Å². The van der Waals surface area contributed by atoms with Gasteiger partial charge in [0.2, 0.25) is 5.79 Å². The SMILES string of the molecule is OC[C@H]1O[C@H](OC[C@H]2O[C@H](OC[C@H]3O[C@H](OC[C@H]4O[C@H](OC[C@H]5O[C@H](O[C@]6(CO)O[C@H](CO)[C@@H](O)[C@@H]6O)[C@H](O)[C@@H](O)[C@@H]5O)[C@H](O)[C@@H](O)[C@H]4O)[C@H](O)[C@@H](O)[C@H]3O)[C@H](O)[C@@H](O)[C@H]2O)[C@H](O)[C@@H](O)[C@H]1O. The highest BCUT2D eigenvalue weighted by atomic mass is 16.8. The first kappa shape index (κ1) is 55.1. The van der Waals surface area contributed by atoms with Crippen LogP contribution in [0.5, 0.6) is 0 Å². The van der Waals surface area contributed by atoms with Gasteiger partial charge in [0.1, 0.15) is 147 Å². The minimum absolute atomic E-state index is 0.699. The molecule has 0 aliphatic carbocycles. The van der Waals surface area contributed by atoms with Gasteiger partial charge in [-0.2, -0.15) is 0 Å². The van der Waals surface area contributed by atoms with Crippen LogP contribution < -0.4 is 0 Å². The maximum Gasteiger partial charge on any atom is 0.224 e. The Labute approximate surface area is 378 Å².